The molecule has 1 aromatic carbocycles. The number of hydrazone groups is 1. The van der Waals surface area contributed by atoms with E-state index in [0.717, 1.165) is 0 Å². The van der Waals surface area contributed by atoms with Gasteiger partial charge in [0.25, 0.3) is 0 Å². The number of benzene rings is 1. The maximum absolute atomic E-state index is 10.7. The molecule has 0 bridgehead atoms. The molecular formula is C9H10N2O3. The van der Waals surface area contributed by atoms with Crippen molar-refractivity contribution >= 4 is 12.2 Å². The van der Waals surface area contributed by atoms with Gasteiger partial charge < -0.3 is 15.7 Å². The van der Waals surface area contributed by atoms with Gasteiger partial charge in [-0.2, -0.15) is 5.10 Å². The average Bonchev–Trinajstić information content (AvgIpc) is 2.17. The van der Waals surface area contributed by atoms with E-state index in [1.807, 2.05) is 0 Å². The molecule has 0 spiro atoms. The zero-order valence-corrected chi connectivity index (χ0v) is 7.60. The van der Waals surface area contributed by atoms with Crippen molar-refractivity contribution in [2.75, 3.05) is 7.11 Å². The van der Waals surface area contributed by atoms with Crippen molar-refractivity contribution in [3.8, 4) is 5.75 Å². The number of carboxylic acid groups (broad SMARTS) is 1. The zero-order valence-electron chi connectivity index (χ0n) is 7.60. The molecule has 0 aromatic heterocycles. The average molecular weight is 194 g/mol. The topological polar surface area (TPSA) is 84.9 Å². The van der Waals surface area contributed by atoms with Crippen molar-refractivity contribution in [1.82, 2.24) is 0 Å². The number of ether oxygens (including phenoxy) is 1. The van der Waals surface area contributed by atoms with Gasteiger partial charge in [-0.3, -0.25) is 0 Å². The second-order valence-corrected chi connectivity index (χ2v) is 2.54. The van der Waals surface area contributed by atoms with Crippen LogP contribution in [0.25, 0.3) is 0 Å². The van der Waals surface area contributed by atoms with E-state index in [4.69, 9.17) is 15.7 Å². The third kappa shape index (κ3) is 2.01. The molecule has 0 aliphatic heterocycles. The summed E-state index contributed by atoms with van der Waals surface area (Å²) in [7, 11) is 1.41. The molecule has 0 atom stereocenters. The SMILES string of the molecule is COc1cc(C=NN)ccc1C(=O)O. The summed E-state index contributed by atoms with van der Waals surface area (Å²) in [6.45, 7) is 0. The van der Waals surface area contributed by atoms with Gasteiger partial charge in [-0.25, -0.2) is 4.79 Å². The van der Waals surface area contributed by atoms with Crippen molar-refractivity contribution in [3.05, 3.63) is 29.3 Å². The van der Waals surface area contributed by atoms with Gasteiger partial charge in [-0.15, -0.1) is 0 Å². The van der Waals surface area contributed by atoms with E-state index in [1.54, 1.807) is 12.1 Å². The fourth-order valence-electron chi connectivity index (χ4n) is 1.05. The van der Waals surface area contributed by atoms with Gasteiger partial charge in [0.05, 0.1) is 13.3 Å². The molecule has 3 N–H and O–H groups in total. The van der Waals surface area contributed by atoms with E-state index in [0.29, 0.717) is 5.56 Å². The fraction of sp³-hybridized carbons (Fsp3) is 0.111. The molecule has 0 radical (unpaired) electrons. The Morgan fingerprint density at radius 2 is 2.36 bits per heavy atom. The van der Waals surface area contributed by atoms with Crippen molar-refractivity contribution in [3.63, 3.8) is 0 Å². The van der Waals surface area contributed by atoms with Crippen LogP contribution in [-0.2, 0) is 0 Å². The first-order valence-electron chi connectivity index (χ1n) is 3.83. The van der Waals surface area contributed by atoms with Gasteiger partial charge in [0, 0.05) is 0 Å². The number of nitrogens with two attached hydrogens (primary N) is 1. The summed E-state index contributed by atoms with van der Waals surface area (Å²) in [5, 5.41) is 12.1. The van der Waals surface area contributed by atoms with E-state index in [9.17, 15) is 4.79 Å². The van der Waals surface area contributed by atoms with E-state index in [2.05, 4.69) is 5.10 Å². The van der Waals surface area contributed by atoms with Crippen molar-refractivity contribution < 1.29 is 14.6 Å². The van der Waals surface area contributed by atoms with Gasteiger partial charge in [-0.05, 0) is 17.7 Å². The quantitative estimate of drug-likeness (QED) is 0.421. The molecule has 0 amide bonds. The molecule has 1 rings (SSSR count). The van der Waals surface area contributed by atoms with Crippen LogP contribution in [0.1, 0.15) is 15.9 Å². The van der Waals surface area contributed by atoms with Crippen molar-refractivity contribution in [2.24, 2.45) is 10.9 Å². The lowest BCUT2D eigenvalue weighted by molar-refractivity contribution is 0.0693. The summed E-state index contributed by atoms with van der Waals surface area (Å²) in [5.74, 6) is 4.22. The predicted molar refractivity (Wildman–Crippen MR) is 51.7 cm³/mol. The molecule has 0 aliphatic rings. The summed E-state index contributed by atoms with van der Waals surface area (Å²) in [4.78, 5) is 10.7. The summed E-state index contributed by atoms with van der Waals surface area (Å²) in [6, 6.07) is 4.60. The third-order valence-corrected chi connectivity index (χ3v) is 1.68. The molecule has 5 heteroatoms. The standard InChI is InChI=1S/C9H10N2O3/c1-14-8-4-6(5-11-10)2-3-7(8)9(12)13/h2-5H,10H2,1H3,(H,12,13). The van der Waals surface area contributed by atoms with Crippen LogP contribution < -0.4 is 10.6 Å². The van der Waals surface area contributed by atoms with Gasteiger partial charge in [0.1, 0.15) is 11.3 Å². The fourth-order valence-corrected chi connectivity index (χ4v) is 1.05. The molecule has 0 aliphatic carbocycles. The molecule has 5 nitrogen and oxygen atoms in total. The number of rotatable bonds is 3. The molecule has 74 valence electrons. The van der Waals surface area contributed by atoms with Crippen LogP contribution in [0, 0.1) is 0 Å². The molecule has 0 saturated carbocycles. The van der Waals surface area contributed by atoms with E-state index < -0.39 is 5.97 Å². The maximum Gasteiger partial charge on any atom is 0.339 e. The highest BCUT2D eigenvalue weighted by molar-refractivity contribution is 5.92. The Morgan fingerprint density at radius 3 is 2.86 bits per heavy atom. The molecule has 0 saturated heterocycles. The molecule has 0 heterocycles. The lowest BCUT2D eigenvalue weighted by Gasteiger charge is -2.04. The zero-order chi connectivity index (χ0) is 10.6. The smallest absolute Gasteiger partial charge is 0.339 e. The first kappa shape index (κ1) is 10.0. The Morgan fingerprint density at radius 1 is 1.64 bits per heavy atom. The van der Waals surface area contributed by atoms with Crippen molar-refractivity contribution in [1.29, 1.82) is 0 Å². The number of methoxy groups -OCH3 is 1. The minimum Gasteiger partial charge on any atom is -0.496 e. The van der Waals surface area contributed by atoms with E-state index in [1.165, 1.54) is 19.4 Å². The van der Waals surface area contributed by atoms with Crippen LogP contribution in [0.4, 0.5) is 0 Å². The summed E-state index contributed by atoms with van der Waals surface area (Å²) >= 11 is 0. The minimum atomic E-state index is -1.03. The van der Waals surface area contributed by atoms with Crippen LogP contribution in [0.5, 0.6) is 5.75 Å². The first-order chi connectivity index (χ1) is 6.69. The summed E-state index contributed by atoms with van der Waals surface area (Å²) in [6.07, 6.45) is 1.41. The van der Waals surface area contributed by atoms with Crippen LogP contribution in [0.15, 0.2) is 23.3 Å². The van der Waals surface area contributed by atoms with Gasteiger partial charge in [0.2, 0.25) is 0 Å². The highest BCUT2D eigenvalue weighted by atomic mass is 16.5. The van der Waals surface area contributed by atoms with E-state index in [-0.39, 0.29) is 11.3 Å². The van der Waals surface area contributed by atoms with Crippen LogP contribution in [0.2, 0.25) is 0 Å². The predicted octanol–water partition coefficient (Wildman–Crippen LogP) is 0.686. The summed E-state index contributed by atoms with van der Waals surface area (Å²) in [5.41, 5.74) is 0.802. The molecule has 0 fully saturated rings. The van der Waals surface area contributed by atoms with Crippen LogP contribution >= 0.6 is 0 Å². The largest absolute Gasteiger partial charge is 0.496 e. The summed E-state index contributed by atoms with van der Waals surface area (Å²) < 4.78 is 4.91. The van der Waals surface area contributed by atoms with E-state index >= 15 is 0 Å². The van der Waals surface area contributed by atoms with Crippen LogP contribution in [0.3, 0.4) is 0 Å². The normalized spacial score (nSPS) is 10.4. The second kappa shape index (κ2) is 4.27. The highest BCUT2D eigenvalue weighted by Crippen LogP contribution is 2.19. The molecule has 0 unspecified atom stereocenters. The molecule has 1 aromatic rings. The van der Waals surface area contributed by atoms with Crippen molar-refractivity contribution in [2.45, 2.75) is 0 Å². The van der Waals surface area contributed by atoms with Gasteiger partial charge >= 0.3 is 5.97 Å². The highest BCUT2D eigenvalue weighted by Gasteiger charge is 2.10. The second-order valence-electron chi connectivity index (χ2n) is 2.54. The van der Waals surface area contributed by atoms with Gasteiger partial charge in [-0.1, -0.05) is 6.07 Å². The Balaban J connectivity index is 3.17. The Kier molecular flexibility index (Phi) is 3.06. The number of nitrogens with zero attached hydrogens (tertiary/aromatic N) is 1. The maximum atomic E-state index is 10.7. The third-order valence-electron chi connectivity index (χ3n) is 1.68. The number of carbonyl (C=O) groups is 1. The number of carboxylic acids is 1. The van der Waals surface area contributed by atoms with Gasteiger partial charge in [0.15, 0.2) is 0 Å². The number of hydrogen-bond donors (Lipinski definition) is 2. The minimum absolute atomic E-state index is 0.113. The Bertz CT molecular complexity index is 374. The molecular weight excluding hydrogens is 184 g/mol. The number of aromatic carboxylic acids is 1. The monoisotopic (exact) mass is 194 g/mol. The Labute approximate surface area is 80.8 Å². The number of hydrogen-bond acceptors (Lipinski definition) is 4. The molecule has 14 heavy (non-hydrogen) atoms. The van der Waals surface area contributed by atoms with Crippen LogP contribution in [-0.4, -0.2) is 24.4 Å². The Hall–Kier alpha value is -2.04. The lowest BCUT2D eigenvalue weighted by Crippen LogP contribution is -2.01. The first-order valence-corrected chi connectivity index (χ1v) is 3.83. The lowest BCUT2D eigenvalue weighted by atomic mass is 10.1.